The quantitative estimate of drug-likeness (QED) is 0.538. The molecule has 6 nitrogen and oxygen atoms in total. The molecular weight excluding hydrogens is 416 g/mol. The zero-order valence-corrected chi connectivity index (χ0v) is 19.3. The van der Waals surface area contributed by atoms with Crippen LogP contribution in [0.25, 0.3) is 6.08 Å². The number of aryl methyl sites for hydroxylation is 2. The summed E-state index contributed by atoms with van der Waals surface area (Å²) in [4.78, 5) is 26.3. The molecule has 0 saturated heterocycles. The third-order valence-corrected chi connectivity index (χ3v) is 5.53. The molecule has 0 bridgehead atoms. The number of fused-ring (bicyclic) bond motifs is 1. The standard InChI is InChI=1S/C27H28N2O4/c1-17-7-5-8-19(13-17)25(30)28-22(15-20-9-6-12-32-20)26(31)29-23-16-27(3,4)33-24-14-18(2)10-11-21(23)24/h5-15,23H,16H2,1-4H3,(H,28,30)(H,29,31)/b22-15-. The number of nitrogens with one attached hydrogen (secondary N) is 2. The summed E-state index contributed by atoms with van der Waals surface area (Å²) in [5.41, 5.74) is 3.08. The van der Waals surface area contributed by atoms with E-state index in [0.29, 0.717) is 17.7 Å². The lowest BCUT2D eigenvalue weighted by atomic mass is 9.89. The Hall–Kier alpha value is -3.80. The summed E-state index contributed by atoms with van der Waals surface area (Å²) in [5.74, 6) is 0.460. The molecule has 0 radical (unpaired) electrons. The predicted octanol–water partition coefficient (Wildman–Crippen LogP) is 5.09. The molecule has 4 rings (SSSR count). The summed E-state index contributed by atoms with van der Waals surface area (Å²) >= 11 is 0. The number of hydrogen-bond acceptors (Lipinski definition) is 4. The van der Waals surface area contributed by atoms with E-state index in [9.17, 15) is 9.59 Å². The lowest BCUT2D eigenvalue weighted by Crippen LogP contribution is -2.43. The van der Waals surface area contributed by atoms with Gasteiger partial charge >= 0.3 is 0 Å². The maximum absolute atomic E-state index is 13.4. The first-order valence-electron chi connectivity index (χ1n) is 10.9. The van der Waals surface area contributed by atoms with Crippen LogP contribution in [0, 0.1) is 13.8 Å². The average molecular weight is 445 g/mol. The second-order valence-electron chi connectivity index (χ2n) is 9.03. The molecule has 1 aliphatic rings. The number of rotatable bonds is 5. The first-order valence-corrected chi connectivity index (χ1v) is 10.9. The van der Waals surface area contributed by atoms with Crippen molar-refractivity contribution in [1.82, 2.24) is 10.6 Å². The van der Waals surface area contributed by atoms with E-state index in [1.807, 2.05) is 58.0 Å². The maximum Gasteiger partial charge on any atom is 0.268 e. The molecule has 33 heavy (non-hydrogen) atoms. The van der Waals surface area contributed by atoms with Crippen molar-refractivity contribution in [3.05, 3.63) is 94.6 Å². The lowest BCUT2D eigenvalue weighted by molar-refractivity contribution is -0.119. The molecule has 3 aromatic rings. The summed E-state index contributed by atoms with van der Waals surface area (Å²) in [6, 6.07) is 16.3. The van der Waals surface area contributed by atoms with Crippen molar-refractivity contribution in [2.75, 3.05) is 0 Å². The minimum absolute atomic E-state index is 0.106. The van der Waals surface area contributed by atoms with Gasteiger partial charge in [0, 0.05) is 23.6 Å². The van der Waals surface area contributed by atoms with Crippen molar-refractivity contribution in [3.8, 4) is 5.75 Å². The number of benzene rings is 2. The van der Waals surface area contributed by atoms with Crippen molar-refractivity contribution in [2.45, 2.75) is 45.8 Å². The third kappa shape index (κ3) is 5.34. The summed E-state index contributed by atoms with van der Waals surface area (Å²) < 4.78 is 11.5. The molecule has 0 fully saturated rings. The SMILES string of the molecule is Cc1cccc(C(=O)N/C(=C\c2ccco2)C(=O)NC2CC(C)(C)Oc3cc(C)ccc32)c1. The highest BCUT2D eigenvalue weighted by Crippen LogP contribution is 2.40. The van der Waals surface area contributed by atoms with Crippen LogP contribution < -0.4 is 15.4 Å². The Labute approximate surface area is 193 Å². The van der Waals surface area contributed by atoms with Crippen LogP contribution in [0.4, 0.5) is 0 Å². The Balaban J connectivity index is 1.62. The molecule has 1 aromatic heterocycles. The second kappa shape index (κ2) is 8.98. The fourth-order valence-corrected chi connectivity index (χ4v) is 3.98. The number of carbonyl (C=O) groups excluding carboxylic acids is 2. The number of carbonyl (C=O) groups is 2. The monoisotopic (exact) mass is 444 g/mol. The normalized spacial score (nSPS) is 17.0. The van der Waals surface area contributed by atoms with Gasteiger partial charge in [0.2, 0.25) is 0 Å². The Morgan fingerprint density at radius 1 is 1.03 bits per heavy atom. The zero-order valence-electron chi connectivity index (χ0n) is 19.3. The highest BCUT2D eigenvalue weighted by Gasteiger charge is 2.35. The summed E-state index contributed by atoms with van der Waals surface area (Å²) in [5, 5.41) is 5.85. The number of ether oxygens (including phenoxy) is 1. The van der Waals surface area contributed by atoms with Gasteiger partial charge in [0.05, 0.1) is 12.3 Å². The maximum atomic E-state index is 13.4. The molecule has 1 atom stereocenters. The third-order valence-electron chi connectivity index (χ3n) is 5.53. The molecule has 2 heterocycles. The van der Waals surface area contributed by atoms with Gasteiger partial charge < -0.3 is 19.8 Å². The van der Waals surface area contributed by atoms with Crippen molar-refractivity contribution in [2.24, 2.45) is 0 Å². The zero-order chi connectivity index (χ0) is 23.6. The molecule has 2 N–H and O–H groups in total. The molecular formula is C27H28N2O4. The summed E-state index contributed by atoms with van der Waals surface area (Å²) in [7, 11) is 0. The summed E-state index contributed by atoms with van der Waals surface area (Å²) in [6.07, 6.45) is 3.64. The first-order chi connectivity index (χ1) is 15.7. The van der Waals surface area contributed by atoms with Crippen molar-refractivity contribution < 1.29 is 18.7 Å². The van der Waals surface area contributed by atoms with Gasteiger partial charge in [-0.05, 0) is 63.6 Å². The van der Waals surface area contributed by atoms with Crippen molar-refractivity contribution in [1.29, 1.82) is 0 Å². The van der Waals surface area contributed by atoms with E-state index in [-0.39, 0.29) is 17.6 Å². The van der Waals surface area contributed by atoms with Gasteiger partial charge in [-0.2, -0.15) is 0 Å². The minimum atomic E-state index is -0.450. The molecule has 0 spiro atoms. The summed E-state index contributed by atoms with van der Waals surface area (Å²) in [6.45, 7) is 7.91. The Morgan fingerprint density at radius 3 is 2.55 bits per heavy atom. The Bertz CT molecular complexity index is 1210. The van der Waals surface area contributed by atoms with E-state index in [4.69, 9.17) is 9.15 Å². The molecule has 1 unspecified atom stereocenters. The molecule has 170 valence electrons. The van der Waals surface area contributed by atoms with Crippen LogP contribution in [0.3, 0.4) is 0 Å². The van der Waals surface area contributed by atoms with Crippen LogP contribution in [0.15, 0.2) is 71.0 Å². The molecule has 0 aliphatic carbocycles. The van der Waals surface area contributed by atoms with Crippen molar-refractivity contribution in [3.63, 3.8) is 0 Å². The number of amides is 2. The Kier molecular flexibility index (Phi) is 6.09. The molecule has 2 aromatic carbocycles. The van der Waals surface area contributed by atoms with E-state index >= 15 is 0 Å². The smallest absolute Gasteiger partial charge is 0.268 e. The average Bonchev–Trinajstić information content (AvgIpc) is 3.25. The number of hydrogen-bond donors (Lipinski definition) is 2. The second-order valence-corrected chi connectivity index (χ2v) is 9.03. The van der Waals surface area contributed by atoms with Crippen LogP contribution in [0.1, 0.15) is 59.1 Å². The van der Waals surface area contributed by atoms with Crippen LogP contribution in [0.2, 0.25) is 0 Å². The minimum Gasteiger partial charge on any atom is -0.487 e. The van der Waals surface area contributed by atoms with E-state index < -0.39 is 11.5 Å². The van der Waals surface area contributed by atoms with Crippen LogP contribution in [-0.4, -0.2) is 17.4 Å². The van der Waals surface area contributed by atoms with Gasteiger partial charge in [0.25, 0.3) is 11.8 Å². The molecule has 0 saturated carbocycles. The molecule has 2 amide bonds. The van der Waals surface area contributed by atoms with E-state index in [1.54, 1.807) is 24.3 Å². The van der Waals surface area contributed by atoms with E-state index in [1.165, 1.54) is 12.3 Å². The van der Waals surface area contributed by atoms with Crippen molar-refractivity contribution >= 4 is 17.9 Å². The largest absolute Gasteiger partial charge is 0.487 e. The predicted molar refractivity (Wildman–Crippen MR) is 127 cm³/mol. The highest BCUT2D eigenvalue weighted by atomic mass is 16.5. The van der Waals surface area contributed by atoms with Crippen LogP contribution in [-0.2, 0) is 4.79 Å². The topological polar surface area (TPSA) is 80.6 Å². The van der Waals surface area contributed by atoms with E-state index in [2.05, 4.69) is 10.6 Å². The van der Waals surface area contributed by atoms with Gasteiger partial charge in [-0.1, -0.05) is 29.8 Å². The first kappa shape index (κ1) is 22.4. The highest BCUT2D eigenvalue weighted by molar-refractivity contribution is 6.05. The van der Waals surface area contributed by atoms with E-state index in [0.717, 1.165) is 22.4 Å². The molecule has 6 heteroatoms. The van der Waals surface area contributed by atoms with Gasteiger partial charge in [-0.3, -0.25) is 9.59 Å². The molecule has 1 aliphatic heterocycles. The van der Waals surface area contributed by atoms with Gasteiger partial charge in [-0.25, -0.2) is 0 Å². The fourth-order valence-electron chi connectivity index (χ4n) is 3.98. The van der Waals surface area contributed by atoms with Crippen LogP contribution >= 0.6 is 0 Å². The fraction of sp³-hybridized carbons (Fsp3) is 0.259. The van der Waals surface area contributed by atoms with Gasteiger partial charge in [-0.15, -0.1) is 0 Å². The van der Waals surface area contributed by atoms with Gasteiger partial charge in [0.1, 0.15) is 22.8 Å². The van der Waals surface area contributed by atoms with Crippen LogP contribution in [0.5, 0.6) is 5.75 Å². The Morgan fingerprint density at radius 2 is 1.82 bits per heavy atom. The number of furan rings is 1. The van der Waals surface area contributed by atoms with Gasteiger partial charge in [0.15, 0.2) is 0 Å². The lowest BCUT2D eigenvalue weighted by Gasteiger charge is -2.38.